The predicted octanol–water partition coefficient (Wildman–Crippen LogP) is 1.99. The monoisotopic (exact) mass is 371 g/mol. The molecule has 10 heteroatoms. The Hall–Kier alpha value is -1.58. The Morgan fingerprint density at radius 1 is 1.33 bits per heavy atom. The van der Waals surface area contributed by atoms with Gasteiger partial charge >= 0.3 is 0 Å². The molecular formula is C14H22ClN7OS. The number of rotatable bonds is 5. The second-order valence-corrected chi connectivity index (χ2v) is 6.72. The first-order valence-corrected chi connectivity index (χ1v) is 8.77. The molecule has 1 aliphatic rings. The highest BCUT2D eigenvalue weighted by atomic mass is 35.5. The van der Waals surface area contributed by atoms with Crippen LogP contribution in [0.25, 0.3) is 0 Å². The zero-order chi connectivity index (χ0) is 16.2. The highest BCUT2D eigenvalue weighted by molar-refractivity contribution is 7.15. The van der Waals surface area contributed by atoms with E-state index < -0.39 is 0 Å². The normalized spacial score (nSPS) is 15.1. The molecular weight excluding hydrogens is 350 g/mol. The fraction of sp³-hybridized carbons (Fsp3) is 0.643. The van der Waals surface area contributed by atoms with Crippen molar-refractivity contribution < 1.29 is 4.79 Å². The third kappa shape index (κ3) is 4.08. The lowest BCUT2D eigenvalue weighted by Crippen LogP contribution is -2.30. The molecule has 0 aliphatic carbocycles. The molecule has 8 nitrogen and oxygen atoms in total. The van der Waals surface area contributed by atoms with E-state index in [9.17, 15) is 4.79 Å². The zero-order valence-corrected chi connectivity index (χ0v) is 15.4. The first-order chi connectivity index (χ1) is 11.2. The molecule has 0 atom stereocenters. The second kappa shape index (κ2) is 8.50. The number of hydrogen-bond acceptors (Lipinski definition) is 7. The van der Waals surface area contributed by atoms with Crippen molar-refractivity contribution in [1.82, 2.24) is 30.5 Å². The molecule has 2 aromatic heterocycles. The Balaban J connectivity index is 0.00000208. The van der Waals surface area contributed by atoms with Crippen LogP contribution in [0.2, 0.25) is 0 Å². The van der Waals surface area contributed by atoms with Gasteiger partial charge in [0, 0.05) is 6.42 Å². The van der Waals surface area contributed by atoms with Gasteiger partial charge in [0.2, 0.25) is 5.13 Å². The maximum absolute atomic E-state index is 12.4. The molecule has 1 amide bonds. The van der Waals surface area contributed by atoms with Crippen LogP contribution in [-0.2, 0) is 6.42 Å². The van der Waals surface area contributed by atoms with E-state index in [0.717, 1.165) is 49.5 Å². The van der Waals surface area contributed by atoms with Gasteiger partial charge in [-0.3, -0.25) is 10.1 Å². The van der Waals surface area contributed by atoms with Gasteiger partial charge in [0.25, 0.3) is 5.91 Å². The first kappa shape index (κ1) is 18.8. The first-order valence-electron chi connectivity index (χ1n) is 7.95. The number of hydrogen-bond donors (Lipinski definition) is 2. The van der Waals surface area contributed by atoms with Gasteiger partial charge in [-0.25, -0.2) is 4.68 Å². The Morgan fingerprint density at radius 3 is 2.79 bits per heavy atom. The molecule has 1 fully saturated rings. The van der Waals surface area contributed by atoms with E-state index in [1.165, 1.54) is 11.3 Å². The van der Waals surface area contributed by atoms with E-state index in [1.54, 1.807) is 0 Å². The van der Waals surface area contributed by atoms with Crippen molar-refractivity contribution in [2.75, 3.05) is 18.4 Å². The van der Waals surface area contributed by atoms with Crippen molar-refractivity contribution in [3.8, 4) is 0 Å². The third-order valence-electron chi connectivity index (χ3n) is 3.95. The fourth-order valence-corrected chi connectivity index (χ4v) is 3.56. The fourth-order valence-electron chi connectivity index (χ4n) is 2.72. The van der Waals surface area contributed by atoms with E-state index in [2.05, 4.69) is 38.1 Å². The Morgan fingerprint density at radius 2 is 2.08 bits per heavy atom. The van der Waals surface area contributed by atoms with Crippen LogP contribution >= 0.6 is 23.7 Å². The summed E-state index contributed by atoms with van der Waals surface area (Å²) in [4.78, 5) is 12.4. The lowest BCUT2D eigenvalue weighted by molar-refractivity contribution is 0.102. The summed E-state index contributed by atoms with van der Waals surface area (Å²) in [6.45, 7) is 5.91. The number of aryl methyl sites for hydroxylation is 1. The second-order valence-electron chi connectivity index (χ2n) is 5.65. The van der Waals surface area contributed by atoms with Crippen LogP contribution in [-0.4, -0.2) is 44.2 Å². The number of aromatic nitrogens is 5. The molecule has 2 N–H and O–H groups in total. The lowest BCUT2D eigenvalue weighted by atomic mass is 10.1. The Bertz CT molecular complexity index is 680. The third-order valence-corrected chi connectivity index (χ3v) is 4.85. The molecule has 1 aliphatic heterocycles. The molecule has 0 saturated carbocycles. The highest BCUT2D eigenvalue weighted by Crippen LogP contribution is 2.21. The topological polar surface area (TPSA) is 97.6 Å². The SMILES string of the molecule is CCCc1nnc(NC(=O)c2nnn(C3CCNCC3)c2C)s1.Cl. The minimum atomic E-state index is -0.276. The molecule has 0 spiro atoms. The summed E-state index contributed by atoms with van der Waals surface area (Å²) < 4.78 is 1.87. The van der Waals surface area contributed by atoms with Crippen molar-refractivity contribution in [3.63, 3.8) is 0 Å². The summed E-state index contributed by atoms with van der Waals surface area (Å²) in [5.74, 6) is -0.276. The predicted molar refractivity (Wildman–Crippen MR) is 95.0 cm³/mol. The molecule has 2 aromatic rings. The standard InChI is InChI=1S/C14H21N7OS.ClH/c1-3-4-11-17-19-14(23-11)16-13(22)12-9(2)21(20-18-12)10-5-7-15-8-6-10;/h10,15H,3-8H2,1-2H3,(H,16,19,22);1H. The summed E-state index contributed by atoms with van der Waals surface area (Å²) >= 11 is 1.40. The largest absolute Gasteiger partial charge is 0.317 e. The van der Waals surface area contributed by atoms with Crippen LogP contribution < -0.4 is 10.6 Å². The van der Waals surface area contributed by atoms with E-state index in [-0.39, 0.29) is 18.3 Å². The lowest BCUT2D eigenvalue weighted by Gasteiger charge is -2.23. The number of nitrogens with one attached hydrogen (secondary N) is 2. The van der Waals surface area contributed by atoms with E-state index >= 15 is 0 Å². The van der Waals surface area contributed by atoms with E-state index in [1.807, 2.05) is 11.6 Å². The smallest absolute Gasteiger partial charge is 0.279 e. The van der Waals surface area contributed by atoms with E-state index in [0.29, 0.717) is 16.9 Å². The number of amides is 1. The number of carbonyl (C=O) groups is 1. The summed E-state index contributed by atoms with van der Waals surface area (Å²) in [5, 5.41) is 23.8. The summed E-state index contributed by atoms with van der Waals surface area (Å²) in [6, 6.07) is 0.308. The molecule has 0 aromatic carbocycles. The van der Waals surface area contributed by atoms with Crippen molar-refractivity contribution in [3.05, 3.63) is 16.4 Å². The van der Waals surface area contributed by atoms with Gasteiger partial charge in [-0.1, -0.05) is 23.5 Å². The average Bonchev–Trinajstić information content (AvgIpc) is 3.15. The number of piperidine rings is 1. The van der Waals surface area contributed by atoms with Gasteiger partial charge in [0.05, 0.1) is 11.7 Å². The zero-order valence-electron chi connectivity index (χ0n) is 13.8. The maximum Gasteiger partial charge on any atom is 0.279 e. The van der Waals surface area contributed by atoms with Crippen molar-refractivity contribution in [1.29, 1.82) is 0 Å². The van der Waals surface area contributed by atoms with Gasteiger partial charge in [0.15, 0.2) is 5.69 Å². The molecule has 3 rings (SSSR count). The Labute approximate surface area is 150 Å². The van der Waals surface area contributed by atoms with Gasteiger partial charge < -0.3 is 5.32 Å². The summed E-state index contributed by atoms with van der Waals surface area (Å²) in [7, 11) is 0. The molecule has 0 unspecified atom stereocenters. The number of anilines is 1. The van der Waals surface area contributed by atoms with Gasteiger partial charge in [-0.2, -0.15) is 0 Å². The minimum Gasteiger partial charge on any atom is -0.317 e. The number of carbonyl (C=O) groups excluding carboxylic acids is 1. The van der Waals surface area contributed by atoms with Crippen LogP contribution in [0, 0.1) is 6.92 Å². The van der Waals surface area contributed by atoms with Gasteiger partial charge in [-0.15, -0.1) is 27.7 Å². The summed E-state index contributed by atoms with van der Waals surface area (Å²) in [6.07, 6.45) is 3.88. The van der Waals surface area contributed by atoms with Gasteiger partial charge in [-0.05, 0) is 39.3 Å². The summed E-state index contributed by atoms with van der Waals surface area (Å²) in [5.41, 5.74) is 1.16. The highest BCUT2D eigenvalue weighted by Gasteiger charge is 2.23. The molecule has 1 saturated heterocycles. The van der Waals surface area contributed by atoms with Crippen LogP contribution in [0.5, 0.6) is 0 Å². The van der Waals surface area contributed by atoms with Crippen LogP contribution in [0.1, 0.15) is 53.4 Å². The molecule has 0 bridgehead atoms. The minimum absolute atomic E-state index is 0. The quantitative estimate of drug-likeness (QED) is 0.834. The van der Waals surface area contributed by atoms with Crippen LogP contribution in [0.15, 0.2) is 0 Å². The van der Waals surface area contributed by atoms with Gasteiger partial charge in [0.1, 0.15) is 5.01 Å². The maximum atomic E-state index is 12.4. The van der Waals surface area contributed by atoms with Crippen molar-refractivity contribution in [2.45, 2.75) is 45.6 Å². The molecule has 24 heavy (non-hydrogen) atoms. The Kier molecular flexibility index (Phi) is 6.64. The van der Waals surface area contributed by atoms with E-state index in [4.69, 9.17) is 0 Å². The molecule has 132 valence electrons. The van der Waals surface area contributed by atoms with Crippen LogP contribution in [0.3, 0.4) is 0 Å². The van der Waals surface area contributed by atoms with Crippen LogP contribution in [0.4, 0.5) is 5.13 Å². The molecule has 0 radical (unpaired) electrons. The number of halogens is 1. The van der Waals surface area contributed by atoms with Crippen molar-refractivity contribution >= 4 is 34.8 Å². The number of nitrogens with zero attached hydrogens (tertiary/aromatic N) is 5. The average molecular weight is 372 g/mol. The molecule has 3 heterocycles. The van der Waals surface area contributed by atoms with Crippen molar-refractivity contribution in [2.24, 2.45) is 0 Å².